The van der Waals surface area contributed by atoms with E-state index in [1.807, 2.05) is 16.7 Å². The Labute approximate surface area is 129 Å². The molecule has 0 N–H and O–H groups in total. The molecular formula is C16H19ClN2O2. The standard InChI is InChI=1S/C16H19ClN2O2/c1-21-15-7-12-6-14(10-20)19(16(12)18-8-15)9-11-2-4-13(17)5-3-11/h6-8,10-11,13H,2-5,9H2,1H3. The minimum Gasteiger partial charge on any atom is -0.495 e. The fourth-order valence-electron chi connectivity index (χ4n) is 3.11. The molecule has 0 amide bonds. The monoisotopic (exact) mass is 306 g/mol. The molecule has 1 fully saturated rings. The zero-order valence-electron chi connectivity index (χ0n) is 12.1. The minimum absolute atomic E-state index is 0.315. The van der Waals surface area contributed by atoms with Crippen LogP contribution in [0.1, 0.15) is 36.2 Å². The summed E-state index contributed by atoms with van der Waals surface area (Å²) in [7, 11) is 1.62. The van der Waals surface area contributed by atoms with E-state index >= 15 is 0 Å². The van der Waals surface area contributed by atoms with Crippen molar-refractivity contribution in [2.45, 2.75) is 37.6 Å². The summed E-state index contributed by atoms with van der Waals surface area (Å²) in [6, 6.07) is 3.80. The van der Waals surface area contributed by atoms with Gasteiger partial charge in [0.2, 0.25) is 0 Å². The normalized spacial score (nSPS) is 22.4. The van der Waals surface area contributed by atoms with Crippen LogP contribution in [0.25, 0.3) is 11.0 Å². The van der Waals surface area contributed by atoms with Crippen LogP contribution < -0.4 is 4.74 Å². The van der Waals surface area contributed by atoms with E-state index in [0.29, 0.717) is 22.7 Å². The van der Waals surface area contributed by atoms with Crippen LogP contribution >= 0.6 is 11.6 Å². The lowest BCUT2D eigenvalue weighted by molar-refractivity contribution is 0.111. The van der Waals surface area contributed by atoms with Gasteiger partial charge in [-0.2, -0.15) is 0 Å². The number of aromatic nitrogens is 2. The highest BCUT2D eigenvalue weighted by Crippen LogP contribution is 2.30. The van der Waals surface area contributed by atoms with E-state index in [1.165, 1.54) is 0 Å². The van der Waals surface area contributed by atoms with Crippen LogP contribution in [-0.4, -0.2) is 28.3 Å². The number of hydrogen-bond donors (Lipinski definition) is 0. The summed E-state index contributed by atoms with van der Waals surface area (Å²) < 4.78 is 7.22. The number of ether oxygens (including phenoxy) is 1. The van der Waals surface area contributed by atoms with E-state index in [4.69, 9.17) is 16.3 Å². The predicted octanol–water partition coefficient (Wildman–Crippen LogP) is 3.66. The Kier molecular flexibility index (Phi) is 4.15. The van der Waals surface area contributed by atoms with Crippen molar-refractivity contribution in [2.24, 2.45) is 5.92 Å². The molecule has 1 saturated carbocycles. The fourth-order valence-corrected chi connectivity index (χ4v) is 3.36. The lowest BCUT2D eigenvalue weighted by Gasteiger charge is -2.25. The topological polar surface area (TPSA) is 44.1 Å². The number of carbonyl (C=O) groups excluding carboxylic acids is 1. The second-order valence-electron chi connectivity index (χ2n) is 5.70. The summed E-state index contributed by atoms with van der Waals surface area (Å²) >= 11 is 6.16. The second kappa shape index (κ2) is 6.06. The van der Waals surface area contributed by atoms with E-state index in [2.05, 4.69) is 4.98 Å². The molecule has 0 saturated heterocycles. The molecule has 3 rings (SSSR count). The molecule has 112 valence electrons. The molecule has 1 aliphatic carbocycles. The third kappa shape index (κ3) is 2.91. The van der Waals surface area contributed by atoms with Crippen molar-refractivity contribution < 1.29 is 9.53 Å². The third-order valence-electron chi connectivity index (χ3n) is 4.31. The van der Waals surface area contributed by atoms with Crippen molar-refractivity contribution in [3.63, 3.8) is 0 Å². The highest BCUT2D eigenvalue weighted by Gasteiger charge is 2.21. The van der Waals surface area contributed by atoms with Crippen LogP contribution in [0, 0.1) is 5.92 Å². The number of nitrogens with zero attached hydrogens (tertiary/aromatic N) is 2. The van der Waals surface area contributed by atoms with Crippen LogP contribution in [0.5, 0.6) is 5.75 Å². The van der Waals surface area contributed by atoms with Gasteiger partial charge in [0.1, 0.15) is 11.4 Å². The number of methoxy groups -OCH3 is 1. The zero-order valence-corrected chi connectivity index (χ0v) is 12.8. The summed E-state index contributed by atoms with van der Waals surface area (Å²) in [5.41, 5.74) is 1.53. The minimum atomic E-state index is 0.315. The summed E-state index contributed by atoms with van der Waals surface area (Å²) in [4.78, 5) is 15.8. The Hall–Kier alpha value is -1.55. The Bertz CT molecular complexity index is 645. The van der Waals surface area contributed by atoms with Crippen LogP contribution in [0.2, 0.25) is 0 Å². The van der Waals surface area contributed by atoms with Gasteiger partial charge in [-0.3, -0.25) is 4.79 Å². The van der Waals surface area contributed by atoms with Crippen LogP contribution in [0.3, 0.4) is 0 Å². The van der Waals surface area contributed by atoms with Gasteiger partial charge in [0.15, 0.2) is 6.29 Å². The smallest absolute Gasteiger partial charge is 0.166 e. The van der Waals surface area contributed by atoms with Gasteiger partial charge in [-0.05, 0) is 43.7 Å². The van der Waals surface area contributed by atoms with Crippen molar-refractivity contribution >= 4 is 28.9 Å². The van der Waals surface area contributed by atoms with Crippen LogP contribution in [-0.2, 0) is 6.54 Å². The molecular weight excluding hydrogens is 288 g/mol. The first-order valence-corrected chi connectivity index (χ1v) is 7.77. The lowest BCUT2D eigenvalue weighted by Crippen LogP contribution is -2.20. The first-order chi connectivity index (χ1) is 10.2. The van der Waals surface area contributed by atoms with Crippen molar-refractivity contribution in [3.05, 3.63) is 24.0 Å². The number of fused-ring (bicyclic) bond motifs is 1. The maximum Gasteiger partial charge on any atom is 0.166 e. The largest absolute Gasteiger partial charge is 0.495 e. The maximum atomic E-state index is 11.3. The molecule has 2 aromatic rings. The van der Waals surface area contributed by atoms with Gasteiger partial charge in [0.25, 0.3) is 0 Å². The first kappa shape index (κ1) is 14.4. The molecule has 0 aromatic carbocycles. The van der Waals surface area contributed by atoms with Crippen LogP contribution in [0.4, 0.5) is 0 Å². The quantitative estimate of drug-likeness (QED) is 0.639. The number of carbonyl (C=O) groups is 1. The number of halogens is 1. The summed E-state index contributed by atoms with van der Waals surface area (Å²) in [5, 5.41) is 1.26. The van der Waals surface area contributed by atoms with Gasteiger partial charge in [0.05, 0.1) is 19.0 Å². The molecule has 2 heterocycles. The lowest BCUT2D eigenvalue weighted by atomic mass is 9.89. The molecule has 0 spiro atoms. The Morgan fingerprint density at radius 1 is 1.38 bits per heavy atom. The number of aldehydes is 1. The van der Waals surface area contributed by atoms with Gasteiger partial charge in [-0.25, -0.2) is 4.98 Å². The van der Waals surface area contributed by atoms with Gasteiger partial charge in [0, 0.05) is 17.3 Å². The fraction of sp³-hybridized carbons (Fsp3) is 0.500. The van der Waals surface area contributed by atoms with Gasteiger partial charge < -0.3 is 9.30 Å². The highest BCUT2D eigenvalue weighted by molar-refractivity contribution is 6.20. The van der Waals surface area contributed by atoms with E-state index in [9.17, 15) is 4.79 Å². The predicted molar refractivity (Wildman–Crippen MR) is 83.3 cm³/mol. The van der Waals surface area contributed by atoms with Crippen molar-refractivity contribution in [1.82, 2.24) is 9.55 Å². The van der Waals surface area contributed by atoms with Gasteiger partial charge in [-0.15, -0.1) is 11.6 Å². The van der Waals surface area contributed by atoms with E-state index in [-0.39, 0.29) is 0 Å². The number of rotatable bonds is 4. The van der Waals surface area contributed by atoms with Crippen molar-refractivity contribution in [2.75, 3.05) is 7.11 Å². The van der Waals surface area contributed by atoms with Crippen LogP contribution in [0.15, 0.2) is 18.3 Å². The summed E-state index contributed by atoms with van der Waals surface area (Å²) in [6.45, 7) is 0.834. The van der Waals surface area contributed by atoms with E-state index in [0.717, 1.165) is 49.5 Å². The maximum absolute atomic E-state index is 11.3. The van der Waals surface area contributed by atoms with E-state index < -0.39 is 0 Å². The molecule has 0 bridgehead atoms. The Morgan fingerprint density at radius 3 is 2.81 bits per heavy atom. The van der Waals surface area contributed by atoms with Crippen molar-refractivity contribution in [1.29, 1.82) is 0 Å². The summed E-state index contributed by atoms with van der Waals surface area (Å²) in [6.07, 6.45) is 6.95. The zero-order chi connectivity index (χ0) is 14.8. The SMILES string of the molecule is COc1cnc2c(c1)cc(C=O)n2CC1CCC(Cl)CC1. The Balaban J connectivity index is 1.91. The number of hydrogen-bond acceptors (Lipinski definition) is 3. The molecule has 1 aliphatic rings. The van der Waals surface area contributed by atoms with E-state index in [1.54, 1.807) is 13.3 Å². The average Bonchev–Trinajstić information content (AvgIpc) is 2.86. The third-order valence-corrected chi connectivity index (χ3v) is 4.75. The molecule has 0 aliphatic heterocycles. The molecule has 4 nitrogen and oxygen atoms in total. The van der Waals surface area contributed by atoms with Crippen molar-refractivity contribution in [3.8, 4) is 5.75 Å². The first-order valence-electron chi connectivity index (χ1n) is 7.33. The number of alkyl halides is 1. The summed E-state index contributed by atoms with van der Waals surface area (Å²) in [5.74, 6) is 1.28. The molecule has 2 aromatic heterocycles. The average molecular weight is 307 g/mol. The van der Waals surface area contributed by atoms with Gasteiger partial charge in [-0.1, -0.05) is 0 Å². The molecule has 0 atom stereocenters. The molecule has 5 heteroatoms. The Morgan fingerprint density at radius 2 is 2.14 bits per heavy atom. The molecule has 0 radical (unpaired) electrons. The highest BCUT2D eigenvalue weighted by atomic mass is 35.5. The second-order valence-corrected chi connectivity index (χ2v) is 6.32. The number of pyridine rings is 1. The molecule has 0 unspecified atom stereocenters. The molecule has 21 heavy (non-hydrogen) atoms. The van der Waals surface area contributed by atoms with Gasteiger partial charge >= 0.3 is 0 Å².